The van der Waals surface area contributed by atoms with E-state index >= 15 is 0 Å². The molecule has 2 nitrogen and oxygen atoms in total. The third-order valence-corrected chi connectivity index (χ3v) is 4.40. The lowest BCUT2D eigenvalue weighted by molar-refractivity contribution is 0.210. The minimum Gasteiger partial charge on any atom is -0.380 e. The van der Waals surface area contributed by atoms with Crippen molar-refractivity contribution in [3.63, 3.8) is 0 Å². The van der Waals surface area contributed by atoms with Gasteiger partial charge in [0.1, 0.15) is 0 Å². The minimum absolute atomic E-state index is 0.499. The van der Waals surface area contributed by atoms with Crippen molar-refractivity contribution < 1.29 is 9.47 Å². The summed E-state index contributed by atoms with van der Waals surface area (Å²) < 4.78 is 10.9. The number of hydrogen-bond donors (Lipinski definition) is 0. The van der Waals surface area contributed by atoms with Gasteiger partial charge in [0.25, 0.3) is 0 Å². The highest BCUT2D eigenvalue weighted by atomic mass is 16.5. The number of methoxy groups -OCH3 is 2. The Morgan fingerprint density at radius 2 is 1.52 bits per heavy atom. The summed E-state index contributed by atoms with van der Waals surface area (Å²) in [5.41, 5.74) is 8.90. The van der Waals surface area contributed by atoms with Crippen LogP contribution in [-0.4, -0.2) is 27.4 Å². The lowest BCUT2D eigenvalue weighted by atomic mass is 9.88. The highest BCUT2D eigenvalue weighted by Crippen LogP contribution is 2.37. The van der Waals surface area contributed by atoms with Crippen molar-refractivity contribution in [2.24, 2.45) is 5.92 Å². The number of allylic oxidation sites excluding steroid dienone is 10. The molecule has 0 atom stereocenters. The summed E-state index contributed by atoms with van der Waals surface area (Å²) in [7, 11) is 3.49. The maximum atomic E-state index is 5.51. The van der Waals surface area contributed by atoms with Crippen LogP contribution in [0.3, 0.4) is 0 Å². The molecule has 0 saturated heterocycles. The van der Waals surface area contributed by atoms with Gasteiger partial charge in [-0.2, -0.15) is 0 Å². The van der Waals surface area contributed by atoms with Gasteiger partial charge in [-0.05, 0) is 58.8 Å². The normalized spacial score (nSPS) is 18.5. The topological polar surface area (TPSA) is 18.5 Å². The monoisotopic (exact) mass is 312 g/mol. The van der Waals surface area contributed by atoms with Crippen LogP contribution in [0.4, 0.5) is 0 Å². The van der Waals surface area contributed by atoms with Crippen LogP contribution in [-0.2, 0) is 9.47 Å². The Hall–Kier alpha value is -1.64. The number of fused-ring (bicyclic) bond motifs is 1. The van der Waals surface area contributed by atoms with Crippen LogP contribution in [0.5, 0.6) is 0 Å². The molecule has 0 bridgehead atoms. The standard InChI is InChI=1S/C21H28O2/c1-14(2)17-9-8-16(4)21-19(11-17)15(3)7-10-18(12-22-5)20(21)13-23-6/h7-11,14H,12-13H2,1-6H3. The zero-order chi connectivity index (χ0) is 17.0. The molecule has 0 amide bonds. The van der Waals surface area contributed by atoms with Gasteiger partial charge in [-0.3, -0.25) is 0 Å². The number of ether oxygens (including phenoxy) is 2. The molecule has 0 unspecified atom stereocenters. The van der Waals surface area contributed by atoms with Gasteiger partial charge in [0.15, 0.2) is 0 Å². The van der Waals surface area contributed by atoms with E-state index in [1.165, 1.54) is 39.0 Å². The maximum Gasteiger partial charge on any atom is 0.0722 e. The van der Waals surface area contributed by atoms with E-state index in [2.05, 4.69) is 58.1 Å². The molecule has 0 saturated carbocycles. The van der Waals surface area contributed by atoms with Crippen LogP contribution < -0.4 is 0 Å². The molecule has 2 heteroatoms. The lowest BCUT2D eigenvalue weighted by Crippen LogP contribution is -2.09. The molecule has 2 aliphatic rings. The Kier molecular flexibility index (Phi) is 5.97. The molecule has 0 spiro atoms. The zero-order valence-corrected chi connectivity index (χ0v) is 15.2. The van der Waals surface area contributed by atoms with E-state index in [9.17, 15) is 0 Å². The van der Waals surface area contributed by atoms with Crippen molar-refractivity contribution in [2.75, 3.05) is 27.4 Å². The molecule has 0 fully saturated rings. The second kappa shape index (κ2) is 7.76. The average molecular weight is 312 g/mol. The average Bonchev–Trinajstić information content (AvgIpc) is 2.75. The Morgan fingerprint density at radius 3 is 2.13 bits per heavy atom. The van der Waals surface area contributed by atoms with E-state index in [0.29, 0.717) is 19.1 Å². The molecular formula is C21H28O2. The zero-order valence-electron chi connectivity index (χ0n) is 15.2. The van der Waals surface area contributed by atoms with Crippen molar-refractivity contribution in [3.8, 4) is 0 Å². The summed E-state index contributed by atoms with van der Waals surface area (Å²) in [6.07, 6.45) is 11.2. The molecule has 0 aromatic carbocycles. The number of hydrogen-bond acceptors (Lipinski definition) is 2. The van der Waals surface area contributed by atoms with Crippen molar-refractivity contribution in [2.45, 2.75) is 27.7 Å². The van der Waals surface area contributed by atoms with Gasteiger partial charge in [0, 0.05) is 14.2 Å². The fourth-order valence-corrected chi connectivity index (χ4v) is 3.05. The number of rotatable bonds is 5. The van der Waals surface area contributed by atoms with E-state index in [0.717, 1.165) is 0 Å². The molecule has 0 aromatic heterocycles. The SMILES string of the molecule is COCC1=CC=C(C)C2=CC(C(C)C)=CC=C(C)C2=C1COC. The van der Waals surface area contributed by atoms with Crippen LogP contribution >= 0.6 is 0 Å². The Bertz CT molecular complexity index is 649. The van der Waals surface area contributed by atoms with Gasteiger partial charge in [0.05, 0.1) is 13.2 Å². The summed E-state index contributed by atoms with van der Waals surface area (Å²) in [5, 5.41) is 0. The third kappa shape index (κ3) is 3.82. The molecular weight excluding hydrogens is 284 g/mol. The van der Waals surface area contributed by atoms with Gasteiger partial charge < -0.3 is 9.47 Å². The van der Waals surface area contributed by atoms with Crippen molar-refractivity contribution >= 4 is 0 Å². The molecule has 0 aromatic rings. The van der Waals surface area contributed by atoms with E-state index in [4.69, 9.17) is 9.47 Å². The van der Waals surface area contributed by atoms with Crippen LogP contribution in [0.1, 0.15) is 27.7 Å². The first kappa shape index (κ1) is 17.7. The van der Waals surface area contributed by atoms with Gasteiger partial charge in [-0.1, -0.05) is 44.2 Å². The van der Waals surface area contributed by atoms with Crippen LogP contribution in [0.2, 0.25) is 0 Å². The van der Waals surface area contributed by atoms with Crippen molar-refractivity contribution in [1.82, 2.24) is 0 Å². The summed E-state index contributed by atoms with van der Waals surface area (Å²) in [4.78, 5) is 0. The highest BCUT2D eigenvalue weighted by molar-refractivity contribution is 5.67. The smallest absolute Gasteiger partial charge is 0.0722 e. The molecule has 2 aliphatic carbocycles. The molecule has 2 rings (SSSR count). The fraction of sp³-hybridized carbons (Fsp3) is 0.429. The van der Waals surface area contributed by atoms with Crippen molar-refractivity contribution in [1.29, 1.82) is 0 Å². The summed E-state index contributed by atoms with van der Waals surface area (Å²) >= 11 is 0. The lowest BCUT2D eigenvalue weighted by Gasteiger charge is -2.19. The van der Waals surface area contributed by atoms with Crippen molar-refractivity contribution in [3.05, 3.63) is 69.4 Å². The van der Waals surface area contributed by atoms with E-state index in [-0.39, 0.29) is 0 Å². The third-order valence-electron chi connectivity index (χ3n) is 4.40. The maximum absolute atomic E-state index is 5.51. The predicted molar refractivity (Wildman–Crippen MR) is 97.4 cm³/mol. The first-order chi connectivity index (χ1) is 11.0. The van der Waals surface area contributed by atoms with Gasteiger partial charge >= 0.3 is 0 Å². The molecule has 124 valence electrons. The molecule has 0 radical (unpaired) electrons. The molecule has 0 heterocycles. The summed E-state index contributed by atoms with van der Waals surface area (Å²) in [6, 6.07) is 0. The second-order valence-corrected chi connectivity index (χ2v) is 6.49. The van der Waals surface area contributed by atoms with Crippen LogP contribution in [0.25, 0.3) is 0 Å². The van der Waals surface area contributed by atoms with Gasteiger partial charge in [-0.15, -0.1) is 0 Å². The first-order valence-corrected chi connectivity index (χ1v) is 8.19. The largest absolute Gasteiger partial charge is 0.380 e. The molecule has 0 N–H and O–H groups in total. The molecule has 0 aliphatic heterocycles. The van der Waals surface area contributed by atoms with E-state index < -0.39 is 0 Å². The summed E-state index contributed by atoms with van der Waals surface area (Å²) in [6.45, 7) is 10.0. The van der Waals surface area contributed by atoms with Gasteiger partial charge in [0.2, 0.25) is 0 Å². The quantitative estimate of drug-likeness (QED) is 0.716. The highest BCUT2D eigenvalue weighted by Gasteiger charge is 2.22. The molecule has 23 heavy (non-hydrogen) atoms. The predicted octanol–water partition coefficient (Wildman–Crippen LogP) is 4.93. The van der Waals surface area contributed by atoms with E-state index in [1.807, 2.05) is 0 Å². The Morgan fingerprint density at radius 1 is 0.870 bits per heavy atom. The minimum atomic E-state index is 0.499. The van der Waals surface area contributed by atoms with Crippen LogP contribution in [0, 0.1) is 5.92 Å². The Labute approximate surface area is 140 Å². The van der Waals surface area contributed by atoms with Gasteiger partial charge in [-0.25, -0.2) is 0 Å². The first-order valence-electron chi connectivity index (χ1n) is 8.19. The Balaban J connectivity index is 2.71. The fourth-order valence-electron chi connectivity index (χ4n) is 3.05. The van der Waals surface area contributed by atoms with E-state index in [1.54, 1.807) is 14.2 Å². The van der Waals surface area contributed by atoms with Crippen LogP contribution in [0.15, 0.2) is 69.4 Å². The summed E-state index contributed by atoms with van der Waals surface area (Å²) in [5.74, 6) is 0.499. The second-order valence-electron chi connectivity index (χ2n) is 6.49.